The number of nitrogens with one attached hydrogen (secondary N) is 1. The van der Waals surface area contributed by atoms with Gasteiger partial charge in [0.15, 0.2) is 6.04 Å². The molecule has 0 spiro atoms. The van der Waals surface area contributed by atoms with Crippen molar-refractivity contribution in [2.24, 2.45) is 0 Å². The third kappa shape index (κ3) is 3.39. The maximum atomic E-state index is 13.3. The summed E-state index contributed by atoms with van der Waals surface area (Å²) in [5, 5.41) is 7.51. The van der Waals surface area contributed by atoms with E-state index in [1.165, 1.54) is 12.5 Å². The van der Waals surface area contributed by atoms with Crippen LogP contribution in [0, 0.1) is 0 Å². The van der Waals surface area contributed by atoms with Crippen LogP contribution >= 0.6 is 0 Å². The molecule has 4 rings (SSSR count). The number of amides is 2. The molecule has 1 aliphatic heterocycles. The van der Waals surface area contributed by atoms with Gasteiger partial charge in [-0.1, -0.05) is 37.5 Å². The van der Waals surface area contributed by atoms with E-state index in [1.807, 2.05) is 43.3 Å². The van der Waals surface area contributed by atoms with Crippen LogP contribution in [0.2, 0.25) is 0 Å². The van der Waals surface area contributed by atoms with E-state index in [2.05, 4.69) is 10.4 Å². The van der Waals surface area contributed by atoms with Gasteiger partial charge in [0.25, 0.3) is 5.91 Å². The molecule has 2 amide bonds. The van der Waals surface area contributed by atoms with Crippen molar-refractivity contribution < 1.29 is 9.59 Å². The largest absolute Gasteiger partial charge is 0.351 e. The summed E-state index contributed by atoms with van der Waals surface area (Å²) in [5.74, 6) is -0.364. The molecule has 0 radical (unpaired) electrons. The number of hydrogen-bond acceptors (Lipinski definition) is 3. The lowest BCUT2D eigenvalue weighted by atomic mass is 9.95. The normalized spacial score (nSPS) is 20.6. The second-order valence-electron chi connectivity index (χ2n) is 7.24. The van der Waals surface area contributed by atoms with Crippen molar-refractivity contribution in [3.63, 3.8) is 0 Å². The van der Waals surface area contributed by atoms with Crippen LogP contribution in [-0.4, -0.2) is 27.6 Å². The second-order valence-corrected chi connectivity index (χ2v) is 7.24. The number of fused-ring (bicyclic) bond motifs is 1. The molecule has 140 valence electrons. The molecular formula is C21H24N4O2. The van der Waals surface area contributed by atoms with E-state index < -0.39 is 6.04 Å². The SMILES string of the molecule is CC1=CC(=O)N(c2ccccc2)C(C(=O)NC2CCCCC2)c2ccnn21. The van der Waals surface area contributed by atoms with Gasteiger partial charge in [-0.2, -0.15) is 5.10 Å². The average Bonchev–Trinajstić information content (AvgIpc) is 3.13. The fraction of sp³-hybridized carbons (Fsp3) is 0.381. The van der Waals surface area contributed by atoms with Crippen molar-refractivity contribution in [1.29, 1.82) is 0 Å². The quantitative estimate of drug-likeness (QED) is 0.909. The maximum absolute atomic E-state index is 13.3. The highest BCUT2D eigenvalue weighted by atomic mass is 16.2. The summed E-state index contributed by atoms with van der Waals surface area (Å²) in [6.45, 7) is 1.83. The predicted octanol–water partition coefficient (Wildman–Crippen LogP) is 3.28. The zero-order valence-electron chi connectivity index (χ0n) is 15.5. The molecule has 6 nitrogen and oxygen atoms in total. The number of anilines is 1. The summed E-state index contributed by atoms with van der Waals surface area (Å²) in [5.41, 5.74) is 2.10. The summed E-state index contributed by atoms with van der Waals surface area (Å²) in [6, 6.07) is 10.6. The molecule has 6 heteroatoms. The third-order valence-electron chi connectivity index (χ3n) is 5.35. The molecule has 1 saturated carbocycles. The van der Waals surface area contributed by atoms with Crippen LogP contribution < -0.4 is 10.2 Å². The highest BCUT2D eigenvalue weighted by Gasteiger charge is 2.37. The van der Waals surface area contributed by atoms with Crippen LogP contribution in [0.3, 0.4) is 0 Å². The molecular weight excluding hydrogens is 340 g/mol. The van der Waals surface area contributed by atoms with Gasteiger partial charge >= 0.3 is 0 Å². The molecule has 27 heavy (non-hydrogen) atoms. The number of allylic oxidation sites excluding steroid dienone is 1. The van der Waals surface area contributed by atoms with Crippen LogP contribution in [0.5, 0.6) is 0 Å². The van der Waals surface area contributed by atoms with E-state index in [0.717, 1.165) is 25.7 Å². The minimum Gasteiger partial charge on any atom is -0.351 e. The molecule has 2 aliphatic rings. The Morgan fingerprint density at radius 2 is 1.85 bits per heavy atom. The number of carbonyl (C=O) groups excluding carboxylic acids is 2. The van der Waals surface area contributed by atoms with Gasteiger partial charge in [0.1, 0.15) is 0 Å². The van der Waals surface area contributed by atoms with Crippen molar-refractivity contribution in [1.82, 2.24) is 15.1 Å². The van der Waals surface area contributed by atoms with Gasteiger partial charge in [0, 0.05) is 29.7 Å². The second kappa shape index (κ2) is 7.39. The van der Waals surface area contributed by atoms with Gasteiger partial charge in [-0.15, -0.1) is 0 Å². The number of carbonyl (C=O) groups is 2. The Morgan fingerprint density at radius 1 is 1.11 bits per heavy atom. The highest BCUT2D eigenvalue weighted by Crippen LogP contribution is 2.32. The molecule has 1 aromatic carbocycles. The zero-order chi connectivity index (χ0) is 18.8. The summed E-state index contributed by atoms with van der Waals surface area (Å²) in [4.78, 5) is 27.9. The van der Waals surface area contributed by atoms with Crippen molar-refractivity contribution in [3.8, 4) is 0 Å². The molecule has 1 unspecified atom stereocenters. The van der Waals surface area contributed by atoms with Gasteiger partial charge in [-0.3, -0.25) is 14.5 Å². The minimum atomic E-state index is -0.752. The summed E-state index contributed by atoms with van der Waals surface area (Å²) >= 11 is 0. The molecule has 1 atom stereocenters. The maximum Gasteiger partial charge on any atom is 0.253 e. The van der Waals surface area contributed by atoms with Gasteiger partial charge in [0.2, 0.25) is 5.91 Å². The first-order valence-electron chi connectivity index (χ1n) is 9.56. The molecule has 1 fully saturated rings. The zero-order valence-corrected chi connectivity index (χ0v) is 15.5. The van der Waals surface area contributed by atoms with Crippen LogP contribution in [-0.2, 0) is 9.59 Å². The van der Waals surface area contributed by atoms with Crippen LogP contribution in [0.1, 0.15) is 50.8 Å². The monoisotopic (exact) mass is 364 g/mol. The lowest BCUT2D eigenvalue weighted by Gasteiger charge is -2.31. The average molecular weight is 364 g/mol. The molecule has 0 bridgehead atoms. The van der Waals surface area contributed by atoms with E-state index in [4.69, 9.17) is 0 Å². The number of nitrogens with zero attached hydrogens (tertiary/aromatic N) is 3. The Kier molecular flexibility index (Phi) is 4.79. The summed E-state index contributed by atoms with van der Waals surface area (Å²) < 4.78 is 1.69. The van der Waals surface area contributed by atoms with Crippen LogP contribution in [0.25, 0.3) is 5.70 Å². The Labute approximate surface area is 158 Å². The number of para-hydroxylation sites is 1. The fourth-order valence-corrected chi connectivity index (χ4v) is 4.03. The smallest absolute Gasteiger partial charge is 0.253 e. The highest BCUT2D eigenvalue weighted by molar-refractivity contribution is 6.09. The van der Waals surface area contributed by atoms with Crippen molar-refractivity contribution in [2.45, 2.75) is 51.1 Å². The number of hydrogen-bond donors (Lipinski definition) is 1. The van der Waals surface area contributed by atoms with E-state index in [0.29, 0.717) is 17.1 Å². The van der Waals surface area contributed by atoms with Gasteiger partial charge in [0.05, 0.1) is 5.69 Å². The lowest BCUT2D eigenvalue weighted by molar-refractivity contribution is -0.126. The molecule has 1 N–H and O–H groups in total. The van der Waals surface area contributed by atoms with E-state index >= 15 is 0 Å². The molecule has 1 aliphatic carbocycles. The Morgan fingerprint density at radius 3 is 2.59 bits per heavy atom. The minimum absolute atomic E-state index is 0.149. The Bertz CT molecular complexity index is 865. The molecule has 0 saturated heterocycles. The van der Waals surface area contributed by atoms with E-state index in [-0.39, 0.29) is 17.9 Å². The first kappa shape index (κ1) is 17.5. The lowest BCUT2D eigenvalue weighted by Crippen LogP contribution is -2.47. The summed E-state index contributed by atoms with van der Waals surface area (Å²) in [7, 11) is 0. The topological polar surface area (TPSA) is 67.2 Å². The van der Waals surface area contributed by atoms with Gasteiger partial charge < -0.3 is 5.32 Å². The fourth-order valence-electron chi connectivity index (χ4n) is 4.03. The molecule has 2 heterocycles. The molecule has 2 aromatic rings. The van der Waals surface area contributed by atoms with Crippen molar-refractivity contribution in [2.75, 3.05) is 4.90 Å². The van der Waals surface area contributed by atoms with Crippen LogP contribution in [0.4, 0.5) is 5.69 Å². The predicted molar refractivity (Wildman–Crippen MR) is 104 cm³/mol. The van der Waals surface area contributed by atoms with Crippen molar-refractivity contribution in [3.05, 3.63) is 54.4 Å². The van der Waals surface area contributed by atoms with E-state index in [1.54, 1.807) is 15.8 Å². The van der Waals surface area contributed by atoms with Crippen LogP contribution in [0.15, 0.2) is 48.7 Å². The van der Waals surface area contributed by atoms with Crippen molar-refractivity contribution >= 4 is 23.2 Å². The van der Waals surface area contributed by atoms with Gasteiger partial charge in [-0.25, -0.2) is 4.68 Å². The summed E-state index contributed by atoms with van der Waals surface area (Å²) in [6.07, 6.45) is 8.69. The Balaban J connectivity index is 1.75. The Hall–Kier alpha value is -2.89. The molecule has 1 aromatic heterocycles. The van der Waals surface area contributed by atoms with E-state index in [9.17, 15) is 9.59 Å². The number of aromatic nitrogens is 2. The number of rotatable bonds is 3. The first-order valence-corrected chi connectivity index (χ1v) is 9.56. The number of benzene rings is 1. The standard InChI is InChI=1S/C21H24N4O2/c1-15-14-19(26)24(17-10-6-3-7-11-17)20(18-12-13-22-25(15)18)21(27)23-16-8-4-2-5-9-16/h3,6-7,10-14,16,20H,2,4-5,8-9H2,1H3,(H,23,27). The van der Waals surface area contributed by atoms with Gasteiger partial charge in [-0.05, 0) is 38.0 Å². The third-order valence-corrected chi connectivity index (χ3v) is 5.35. The first-order chi connectivity index (χ1) is 13.1.